The van der Waals surface area contributed by atoms with Crippen molar-refractivity contribution in [1.29, 1.82) is 0 Å². The second kappa shape index (κ2) is 12.4. The molecule has 0 amide bonds. The van der Waals surface area contributed by atoms with Crippen LogP contribution in [0.15, 0.2) is 29.3 Å². The van der Waals surface area contributed by atoms with Crippen LogP contribution in [-0.2, 0) is 6.18 Å². The van der Waals surface area contributed by atoms with Gasteiger partial charge in [0.2, 0.25) is 0 Å². The lowest BCUT2D eigenvalue weighted by Gasteiger charge is -2.32. The van der Waals surface area contributed by atoms with Gasteiger partial charge in [0.05, 0.1) is 12.1 Å². The van der Waals surface area contributed by atoms with E-state index in [2.05, 4.69) is 27.4 Å². The molecule has 9 heteroatoms. The number of ether oxygens (including phenoxy) is 1. The predicted molar refractivity (Wildman–Crippen MR) is 117 cm³/mol. The van der Waals surface area contributed by atoms with Crippen molar-refractivity contribution in [2.45, 2.75) is 38.4 Å². The molecule has 0 aromatic heterocycles. The van der Waals surface area contributed by atoms with E-state index in [4.69, 9.17) is 4.74 Å². The average Bonchev–Trinajstić information content (AvgIpc) is 2.65. The van der Waals surface area contributed by atoms with Gasteiger partial charge in [-0.25, -0.2) is 0 Å². The molecule has 0 atom stereocenters. The Morgan fingerprint density at radius 1 is 1.29 bits per heavy atom. The van der Waals surface area contributed by atoms with E-state index < -0.39 is 11.7 Å². The van der Waals surface area contributed by atoms with E-state index in [1.54, 1.807) is 7.05 Å². The first-order chi connectivity index (χ1) is 12.9. The molecule has 1 saturated heterocycles. The minimum absolute atomic E-state index is 0. The third-order valence-corrected chi connectivity index (χ3v) is 4.52. The van der Waals surface area contributed by atoms with Gasteiger partial charge in [-0.1, -0.05) is 13.0 Å². The van der Waals surface area contributed by atoms with Crippen LogP contribution in [0.3, 0.4) is 0 Å². The summed E-state index contributed by atoms with van der Waals surface area (Å²) >= 11 is 0. The Labute approximate surface area is 182 Å². The van der Waals surface area contributed by atoms with Crippen LogP contribution in [0, 0.1) is 0 Å². The molecular formula is C19H30F3IN4O. The zero-order chi connectivity index (χ0) is 19.7. The third-order valence-electron chi connectivity index (χ3n) is 4.52. The van der Waals surface area contributed by atoms with Gasteiger partial charge in [-0.05, 0) is 44.0 Å². The number of hydrogen-bond acceptors (Lipinski definition) is 3. The normalized spacial score (nSPS) is 16.4. The summed E-state index contributed by atoms with van der Waals surface area (Å²) in [6, 6.07) is 5.29. The van der Waals surface area contributed by atoms with Crippen LogP contribution >= 0.6 is 24.0 Å². The quantitative estimate of drug-likeness (QED) is 0.252. The molecule has 1 aliphatic heterocycles. The fraction of sp³-hybridized carbons (Fsp3) is 0.632. The second-order valence-corrected chi connectivity index (χ2v) is 6.63. The standard InChI is InChI=1S/C19H29F3N4O.HI/c1-3-10-26-11-7-16(8-12-26)25-18(23-2)24-9-13-27-17-6-4-5-15(14-17)19(20,21)22;/h4-6,14,16H,3,7-13H2,1-2H3,(H2,23,24,25);1H. The summed E-state index contributed by atoms with van der Waals surface area (Å²) in [6.07, 6.45) is -1.05. The molecule has 0 radical (unpaired) electrons. The fourth-order valence-corrected chi connectivity index (χ4v) is 3.11. The largest absolute Gasteiger partial charge is 0.492 e. The van der Waals surface area contributed by atoms with E-state index >= 15 is 0 Å². The molecule has 28 heavy (non-hydrogen) atoms. The lowest BCUT2D eigenvalue weighted by Crippen LogP contribution is -2.49. The Morgan fingerprint density at radius 3 is 2.61 bits per heavy atom. The molecule has 1 heterocycles. The summed E-state index contributed by atoms with van der Waals surface area (Å²) in [7, 11) is 1.70. The van der Waals surface area contributed by atoms with E-state index in [-0.39, 0.29) is 36.3 Å². The molecule has 0 bridgehead atoms. The lowest BCUT2D eigenvalue weighted by molar-refractivity contribution is -0.137. The van der Waals surface area contributed by atoms with E-state index in [0.717, 1.165) is 44.6 Å². The number of piperidine rings is 1. The number of guanidine groups is 1. The Bertz CT molecular complexity index is 605. The van der Waals surface area contributed by atoms with Gasteiger partial charge < -0.3 is 20.3 Å². The van der Waals surface area contributed by atoms with Crippen molar-refractivity contribution < 1.29 is 17.9 Å². The summed E-state index contributed by atoms with van der Waals surface area (Å²) in [5, 5.41) is 6.55. The summed E-state index contributed by atoms with van der Waals surface area (Å²) in [4.78, 5) is 6.67. The monoisotopic (exact) mass is 514 g/mol. The van der Waals surface area contributed by atoms with Crippen molar-refractivity contribution in [1.82, 2.24) is 15.5 Å². The Morgan fingerprint density at radius 2 is 2.00 bits per heavy atom. The van der Waals surface area contributed by atoms with Crippen molar-refractivity contribution in [2.24, 2.45) is 4.99 Å². The maximum absolute atomic E-state index is 12.7. The molecule has 2 rings (SSSR count). The van der Waals surface area contributed by atoms with Crippen molar-refractivity contribution in [3.05, 3.63) is 29.8 Å². The van der Waals surface area contributed by atoms with Crippen molar-refractivity contribution >= 4 is 29.9 Å². The third kappa shape index (κ3) is 8.42. The van der Waals surface area contributed by atoms with Crippen LogP contribution in [-0.4, -0.2) is 56.7 Å². The van der Waals surface area contributed by atoms with Gasteiger partial charge in [-0.15, -0.1) is 24.0 Å². The highest BCUT2D eigenvalue weighted by atomic mass is 127. The van der Waals surface area contributed by atoms with Crippen molar-refractivity contribution in [3.63, 3.8) is 0 Å². The predicted octanol–water partition coefficient (Wildman–Crippen LogP) is 3.74. The van der Waals surface area contributed by atoms with Gasteiger partial charge >= 0.3 is 6.18 Å². The highest BCUT2D eigenvalue weighted by Gasteiger charge is 2.30. The number of halogens is 4. The number of benzene rings is 1. The van der Waals surface area contributed by atoms with Gasteiger partial charge in [0.1, 0.15) is 12.4 Å². The van der Waals surface area contributed by atoms with E-state index in [9.17, 15) is 13.2 Å². The molecule has 0 spiro atoms. The molecule has 0 saturated carbocycles. The maximum atomic E-state index is 12.7. The molecular weight excluding hydrogens is 484 g/mol. The zero-order valence-electron chi connectivity index (χ0n) is 16.4. The Balaban J connectivity index is 0.00000392. The van der Waals surface area contributed by atoms with Crippen LogP contribution in [0.4, 0.5) is 13.2 Å². The Kier molecular flexibility index (Phi) is 10.9. The van der Waals surface area contributed by atoms with Gasteiger partial charge in [0.15, 0.2) is 5.96 Å². The van der Waals surface area contributed by atoms with Crippen molar-refractivity contribution in [3.8, 4) is 5.75 Å². The van der Waals surface area contributed by atoms with Crippen LogP contribution in [0.1, 0.15) is 31.7 Å². The molecule has 1 aromatic rings. The number of rotatable bonds is 7. The SMILES string of the molecule is CCCN1CCC(NC(=NC)NCCOc2cccc(C(F)(F)F)c2)CC1.I. The molecule has 5 nitrogen and oxygen atoms in total. The number of likely N-dealkylation sites (tertiary alicyclic amines) is 1. The van der Waals surface area contributed by atoms with Crippen LogP contribution in [0.25, 0.3) is 0 Å². The second-order valence-electron chi connectivity index (χ2n) is 6.63. The molecule has 160 valence electrons. The zero-order valence-corrected chi connectivity index (χ0v) is 18.7. The van der Waals surface area contributed by atoms with Gasteiger partial charge in [-0.2, -0.15) is 13.2 Å². The topological polar surface area (TPSA) is 48.9 Å². The molecule has 1 aromatic carbocycles. The van der Waals surface area contributed by atoms with Crippen LogP contribution in [0.2, 0.25) is 0 Å². The first-order valence-corrected chi connectivity index (χ1v) is 9.42. The van der Waals surface area contributed by atoms with Gasteiger partial charge in [-0.3, -0.25) is 4.99 Å². The molecule has 0 aliphatic carbocycles. The van der Waals surface area contributed by atoms with Crippen molar-refractivity contribution in [2.75, 3.05) is 39.8 Å². The molecule has 1 fully saturated rings. The molecule has 2 N–H and O–H groups in total. The smallest absolute Gasteiger partial charge is 0.416 e. The number of nitrogens with zero attached hydrogens (tertiary/aromatic N) is 2. The highest BCUT2D eigenvalue weighted by molar-refractivity contribution is 14.0. The lowest BCUT2D eigenvalue weighted by atomic mass is 10.1. The highest BCUT2D eigenvalue weighted by Crippen LogP contribution is 2.31. The number of alkyl halides is 3. The van der Waals surface area contributed by atoms with Crippen LogP contribution < -0.4 is 15.4 Å². The molecule has 1 aliphatic rings. The van der Waals surface area contributed by atoms with E-state index in [1.807, 2.05) is 0 Å². The van der Waals surface area contributed by atoms with Gasteiger partial charge in [0, 0.05) is 26.2 Å². The molecule has 0 unspecified atom stereocenters. The number of hydrogen-bond donors (Lipinski definition) is 2. The summed E-state index contributed by atoms with van der Waals surface area (Å²) in [5.41, 5.74) is -0.708. The number of nitrogens with one attached hydrogen (secondary N) is 2. The van der Waals surface area contributed by atoms with Gasteiger partial charge in [0.25, 0.3) is 0 Å². The first kappa shape index (κ1) is 24.8. The Hall–Kier alpha value is -1.23. The van der Waals surface area contributed by atoms with Crippen LogP contribution in [0.5, 0.6) is 5.75 Å². The summed E-state index contributed by atoms with van der Waals surface area (Å²) < 4.78 is 43.5. The summed E-state index contributed by atoms with van der Waals surface area (Å²) in [5.74, 6) is 0.898. The average molecular weight is 514 g/mol. The summed E-state index contributed by atoms with van der Waals surface area (Å²) in [6.45, 7) is 6.20. The van der Waals surface area contributed by atoms with E-state index in [0.29, 0.717) is 18.5 Å². The minimum Gasteiger partial charge on any atom is -0.492 e. The maximum Gasteiger partial charge on any atom is 0.416 e. The fourth-order valence-electron chi connectivity index (χ4n) is 3.11. The minimum atomic E-state index is -4.36. The number of aliphatic imine (C=N–C) groups is 1. The first-order valence-electron chi connectivity index (χ1n) is 9.42. The van der Waals surface area contributed by atoms with E-state index in [1.165, 1.54) is 18.6 Å².